The largest absolute Gasteiger partial charge is 0.324 e. The monoisotopic (exact) mass is 549 g/mol. The number of hydrogen-bond donors (Lipinski definition) is 3. The van der Waals surface area contributed by atoms with E-state index in [4.69, 9.17) is 9.98 Å². The lowest BCUT2D eigenvalue weighted by atomic mass is 9.97. The minimum absolute atomic E-state index is 0.213. The number of para-hydroxylation sites is 2. The summed E-state index contributed by atoms with van der Waals surface area (Å²) in [5.41, 5.74) is 2.95. The SMILES string of the molecule is CNC(C1N=C(c2ccccc2F)c2ccccc2NC1=O)[C@@H]1N=C(c2ccccc2F)c2ccccc2NC1=O. The van der Waals surface area contributed by atoms with Crippen molar-refractivity contribution in [2.45, 2.75) is 18.1 Å². The van der Waals surface area contributed by atoms with Gasteiger partial charge in [-0.1, -0.05) is 60.7 Å². The molecule has 6 rings (SSSR count). The summed E-state index contributed by atoms with van der Waals surface area (Å²) in [5.74, 6) is -2.00. The lowest BCUT2D eigenvalue weighted by molar-refractivity contribution is -0.120. The van der Waals surface area contributed by atoms with E-state index < -0.39 is 41.6 Å². The number of hydrogen-bond acceptors (Lipinski definition) is 5. The molecule has 4 aromatic carbocycles. The smallest absolute Gasteiger partial charge is 0.250 e. The fourth-order valence-corrected chi connectivity index (χ4v) is 5.26. The Hall–Kier alpha value is -5.02. The van der Waals surface area contributed by atoms with Crippen LogP contribution in [0.15, 0.2) is 107 Å². The van der Waals surface area contributed by atoms with Crippen LogP contribution in [0.1, 0.15) is 22.3 Å². The van der Waals surface area contributed by atoms with Gasteiger partial charge in [0, 0.05) is 22.3 Å². The molecule has 2 heterocycles. The Morgan fingerprint density at radius 3 is 1.37 bits per heavy atom. The first-order valence-electron chi connectivity index (χ1n) is 13.1. The first-order valence-corrected chi connectivity index (χ1v) is 13.1. The zero-order chi connectivity index (χ0) is 28.5. The van der Waals surface area contributed by atoms with Crippen LogP contribution in [-0.2, 0) is 9.59 Å². The summed E-state index contributed by atoms with van der Waals surface area (Å²) >= 11 is 0. The van der Waals surface area contributed by atoms with Crippen LogP contribution >= 0.6 is 0 Å². The summed E-state index contributed by atoms with van der Waals surface area (Å²) in [6.07, 6.45) is 0. The molecule has 3 N–H and O–H groups in total. The number of benzodiazepines with no additional fused rings is 2. The van der Waals surface area contributed by atoms with Crippen LogP contribution in [0.25, 0.3) is 0 Å². The van der Waals surface area contributed by atoms with Gasteiger partial charge in [-0.3, -0.25) is 19.6 Å². The van der Waals surface area contributed by atoms with E-state index in [9.17, 15) is 9.59 Å². The second-order valence-electron chi connectivity index (χ2n) is 9.69. The number of anilines is 2. The highest BCUT2D eigenvalue weighted by Crippen LogP contribution is 2.30. The summed E-state index contributed by atoms with van der Waals surface area (Å²) in [6.45, 7) is 0. The summed E-state index contributed by atoms with van der Waals surface area (Å²) in [5, 5.41) is 8.84. The van der Waals surface area contributed by atoms with Gasteiger partial charge in [-0.05, 0) is 43.4 Å². The molecule has 41 heavy (non-hydrogen) atoms. The molecule has 9 heteroatoms. The van der Waals surface area contributed by atoms with Crippen molar-refractivity contribution in [3.05, 3.63) is 131 Å². The minimum atomic E-state index is -1.20. The van der Waals surface area contributed by atoms with Gasteiger partial charge in [-0.25, -0.2) is 8.78 Å². The van der Waals surface area contributed by atoms with Crippen LogP contribution in [0.2, 0.25) is 0 Å². The zero-order valence-electron chi connectivity index (χ0n) is 21.9. The van der Waals surface area contributed by atoms with E-state index in [1.54, 1.807) is 92.0 Å². The Kier molecular flexibility index (Phi) is 6.94. The van der Waals surface area contributed by atoms with Crippen molar-refractivity contribution in [3.63, 3.8) is 0 Å². The number of benzene rings is 4. The van der Waals surface area contributed by atoms with E-state index in [1.165, 1.54) is 12.1 Å². The van der Waals surface area contributed by atoms with Gasteiger partial charge >= 0.3 is 0 Å². The average molecular weight is 550 g/mol. The molecule has 4 aromatic rings. The maximum Gasteiger partial charge on any atom is 0.250 e. The third-order valence-electron chi connectivity index (χ3n) is 7.23. The van der Waals surface area contributed by atoms with Crippen LogP contribution in [0.3, 0.4) is 0 Å². The molecule has 0 aliphatic carbocycles. The molecule has 2 unspecified atom stereocenters. The van der Waals surface area contributed by atoms with Crippen LogP contribution in [0, 0.1) is 11.6 Å². The average Bonchev–Trinajstić information content (AvgIpc) is 3.22. The number of fused-ring (bicyclic) bond motifs is 2. The highest BCUT2D eigenvalue weighted by molar-refractivity contribution is 6.21. The van der Waals surface area contributed by atoms with Crippen molar-refractivity contribution < 1.29 is 18.4 Å². The van der Waals surface area contributed by atoms with Gasteiger partial charge in [-0.15, -0.1) is 0 Å². The molecule has 0 saturated carbocycles. The Morgan fingerprint density at radius 2 is 0.976 bits per heavy atom. The quantitative estimate of drug-likeness (QED) is 0.341. The van der Waals surface area contributed by atoms with Crippen LogP contribution < -0.4 is 16.0 Å². The highest BCUT2D eigenvalue weighted by Gasteiger charge is 2.41. The third-order valence-corrected chi connectivity index (χ3v) is 7.23. The number of amides is 2. The van der Waals surface area contributed by atoms with Crippen molar-refractivity contribution in [3.8, 4) is 0 Å². The number of likely N-dealkylation sites (N-methyl/N-ethyl adjacent to an activating group) is 1. The topological polar surface area (TPSA) is 94.9 Å². The molecule has 0 aromatic heterocycles. The predicted molar refractivity (Wildman–Crippen MR) is 155 cm³/mol. The molecular formula is C32H25F2N5O2. The molecule has 0 bridgehead atoms. The van der Waals surface area contributed by atoms with Crippen LogP contribution in [0.4, 0.5) is 20.2 Å². The molecule has 0 radical (unpaired) electrons. The zero-order valence-corrected chi connectivity index (χ0v) is 21.9. The summed E-state index contributed by atoms with van der Waals surface area (Å²) in [6, 6.07) is 23.0. The molecule has 2 aliphatic rings. The maximum absolute atomic E-state index is 15.1. The van der Waals surface area contributed by atoms with E-state index in [1.807, 2.05) is 0 Å². The molecule has 0 fully saturated rings. The fraction of sp³-hybridized carbons (Fsp3) is 0.125. The fourth-order valence-electron chi connectivity index (χ4n) is 5.26. The van der Waals surface area contributed by atoms with Gasteiger partial charge in [0.05, 0.1) is 28.8 Å². The number of nitrogens with zero attached hydrogens (tertiary/aromatic N) is 2. The van der Waals surface area contributed by atoms with E-state index in [0.717, 1.165) is 0 Å². The Bertz CT molecular complexity index is 1610. The highest BCUT2D eigenvalue weighted by atomic mass is 19.1. The lowest BCUT2D eigenvalue weighted by Crippen LogP contribution is -2.54. The Morgan fingerprint density at radius 1 is 0.610 bits per heavy atom. The third kappa shape index (κ3) is 4.81. The second-order valence-corrected chi connectivity index (χ2v) is 9.69. The summed E-state index contributed by atoms with van der Waals surface area (Å²) < 4.78 is 30.2. The minimum Gasteiger partial charge on any atom is -0.324 e. The van der Waals surface area contributed by atoms with Gasteiger partial charge < -0.3 is 16.0 Å². The van der Waals surface area contributed by atoms with Crippen molar-refractivity contribution in [1.29, 1.82) is 0 Å². The molecule has 204 valence electrons. The van der Waals surface area contributed by atoms with Gasteiger partial charge in [-0.2, -0.15) is 0 Å². The molecular weight excluding hydrogens is 524 g/mol. The molecule has 0 saturated heterocycles. The maximum atomic E-state index is 15.1. The van der Waals surface area contributed by atoms with E-state index in [-0.39, 0.29) is 22.6 Å². The summed E-state index contributed by atoms with van der Waals surface area (Å²) in [7, 11) is 1.60. The number of rotatable bonds is 5. The normalized spacial score (nSPS) is 18.9. The number of aliphatic imine (C=N–C) groups is 2. The van der Waals surface area contributed by atoms with E-state index >= 15 is 8.78 Å². The molecule has 2 amide bonds. The van der Waals surface area contributed by atoms with Crippen molar-refractivity contribution in [2.24, 2.45) is 9.98 Å². The second kappa shape index (κ2) is 10.9. The van der Waals surface area contributed by atoms with E-state index in [0.29, 0.717) is 22.5 Å². The standard InChI is InChI=1S/C32H25F2N5O2/c1-35-28(29-31(40)36-24-16-8-4-12-20(24)26(38-29)18-10-2-6-14-22(18)33)30-32(41)37-25-17-9-5-13-21(25)27(39-30)19-11-3-7-15-23(19)34/h2-17,28-30,35H,1H3,(H,36,40)(H,37,41)/t28?,29-,30?/m0/s1. The van der Waals surface area contributed by atoms with Crippen LogP contribution in [0.5, 0.6) is 0 Å². The molecule has 7 nitrogen and oxygen atoms in total. The Labute approximate surface area is 235 Å². The van der Waals surface area contributed by atoms with Gasteiger partial charge in [0.2, 0.25) is 0 Å². The van der Waals surface area contributed by atoms with Gasteiger partial charge in [0.25, 0.3) is 11.8 Å². The van der Waals surface area contributed by atoms with Gasteiger partial charge in [0.15, 0.2) is 0 Å². The lowest BCUT2D eigenvalue weighted by Gasteiger charge is -2.27. The van der Waals surface area contributed by atoms with Crippen molar-refractivity contribution >= 4 is 34.6 Å². The Balaban J connectivity index is 1.52. The van der Waals surface area contributed by atoms with Crippen LogP contribution in [-0.4, -0.2) is 48.4 Å². The summed E-state index contributed by atoms with van der Waals surface area (Å²) in [4.78, 5) is 37.0. The number of carbonyl (C=O) groups is 2. The number of nitrogens with one attached hydrogen (secondary N) is 3. The van der Waals surface area contributed by atoms with Crippen molar-refractivity contribution in [2.75, 3.05) is 17.7 Å². The molecule has 0 spiro atoms. The first-order chi connectivity index (χ1) is 20.0. The molecule has 2 aliphatic heterocycles. The van der Waals surface area contributed by atoms with Crippen molar-refractivity contribution in [1.82, 2.24) is 5.32 Å². The van der Waals surface area contributed by atoms with Gasteiger partial charge in [0.1, 0.15) is 23.7 Å². The number of halogens is 2. The molecule has 3 atom stereocenters. The predicted octanol–water partition coefficient (Wildman–Crippen LogP) is 4.57. The van der Waals surface area contributed by atoms with E-state index in [2.05, 4.69) is 16.0 Å². The first kappa shape index (κ1) is 26.2. The number of carbonyl (C=O) groups excluding carboxylic acids is 2.